The fourth-order valence-corrected chi connectivity index (χ4v) is 5.06. The van der Waals surface area contributed by atoms with E-state index in [1.54, 1.807) is 22.9 Å². The van der Waals surface area contributed by atoms with Crippen LogP contribution in [0.4, 0.5) is 20.3 Å². The molecule has 3 heterocycles. The first-order chi connectivity index (χ1) is 15.4. The largest absolute Gasteiger partial charge is 0.355 e. The van der Waals surface area contributed by atoms with Crippen molar-refractivity contribution in [2.75, 3.05) is 22.9 Å². The van der Waals surface area contributed by atoms with Crippen molar-refractivity contribution in [3.8, 4) is 5.69 Å². The van der Waals surface area contributed by atoms with Gasteiger partial charge in [0.05, 0.1) is 16.2 Å². The minimum atomic E-state index is -0.513. The predicted octanol–water partition coefficient (Wildman–Crippen LogP) is 5.36. The number of piperidine rings is 2. The van der Waals surface area contributed by atoms with Gasteiger partial charge in [-0.05, 0) is 68.1 Å². The quantitative estimate of drug-likeness (QED) is 0.532. The van der Waals surface area contributed by atoms with Gasteiger partial charge in [0, 0.05) is 37.5 Å². The molecular weight excluding hydrogens is 434 g/mol. The van der Waals surface area contributed by atoms with E-state index in [4.69, 9.17) is 11.6 Å². The Morgan fingerprint density at radius 2 is 1.66 bits per heavy atom. The molecule has 1 amide bonds. The van der Waals surface area contributed by atoms with E-state index in [1.807, 2.05) is 17.2 Å². The van der Waals surface area contributed by atoms with Gasteiger partial charge in [-0.2, -0.15) is 5.10 Å². The average molecular weight is 457 g/mol. The summed E-state index contributed by atoms with van der Waals surface area (Å²) in [4.78, 5) is 16.9. The molecule has 0 unspecified atom stereocenters. The van der Waals surface area contributed by atoms with Crippen molar-refractivity contribution in [1.29, 1.82) is 0 Å². The molecule has 0 bridgehead atoms. The normalized spacial score (nSPS) is 18.4. The van der Waals surface area contributed by atoms with Crippen molar-refractivity contribution in [1.82, 2.24) is 9.78 Å². The monoisotopic (exact) mass is 456 g/mol. The van der Waals surface area contributed by atoms with Crippen molar-refractivity contribution in [2.24, 2.45) is 0 Å². The van der Waals surface area contributed by atoms with E-state index in [-0.39, 0.29) is 22.3 Å². The molecule has 166 valence electrons. The average Bonchev–Trinajstić information content (AvgIpc) is 3.27. The fourth-order valence-electron chi connectivity index (χ4n) is 4.95. The Kier molecular flexibility index (Phi) is 5.37. The highest BCUT2D eigenvalue weighted by atomic mass is 35.5. The molecule has 1 spiro atoms. The maximum absolute atomic E-state index is 14.2. The number of carbonyl (C=O) groups is 1. The first-order valence-electron chi connectivity index (χ1n) is 10.8. The van der Waals surface area contributed by atoms with Crippen LogP contribution in [0.5, 0.6) is 0 Å². The van der Waals surface area contributed by atoms with Crippen LogP contribution in [0, 0.1) is 11.6 Å². The van der Waals surface area contributed by atoms with Crippen LogP contribution in [0.15, 0.2) is 54.7 Å². The zero-order valence-corrected chi connectivity index (χ0v) is 18.2. The lowest BCUT2D eigenvalue weighted by molar-refractivity contribution is -0.121. The molecule has 0 N–H and O–H groups in total. The lowest BCUT2D eigenvalue weighted by Gasteiger charge is -2.51. The summed E-state index contributed by atoms with van der Waals surface area (Å²) in [5.41, 5.74) is 1.04. The molecular formula is C24H23ClF2N4O. The van der Waals surface area contributed by atoms with Crippen molar-refractivity contribution in [3.63, 3.8) is 0 Å². The molecule has 0 atom stereocenters. The van der Waals surface area contributed by atoms with Crippen LogP contribution in [0.3, 0.4) is 0 Å². The minimum absolute atomic E-state index is 0.0343. The fraction of sp³-hybridized carbons (Fsp3) is 0.333. The summed E-state index contributed by atoms with van der Waals surface area (Å²) in [7, 11) is 0. The summed E-state index contributed by atoms with van der Waals surface area (Å²) in [6, 6.07) is 12.8. The van der Waals surface area contributed by atoms with Crippen LogP contribution in [0.2, 0.25) is 5.02 Å². The van der Waals surface area contributed by atoms with Crippen molar-refractivity contribution < 1.29 is 13.6 Å². The van der Waals surface area contributed by atoms with E-state index in [0.29, 0.717) is 12.1 Å². The van der Waals surface area contributed by atoms with Gasteiger partial charge >= 0.3 is 0 Å². The van der Waals surface area contributed by atoms with E-state index in [1.165, 1.54) is 24.3 Å². The predicted molar refractivity (Wildman–Crippen MR) is 120 cm³/mol. The van der Waals surface area contributed by atoms with Gasteiger partial charge in [-0.1, -0.05) is 11.6 Å². The molecule has 2 aliphatic rings. The van der Waals surface area contributed by atoms with Gasteiger partial charge in [-0.15, -0.1) is 0 Å². The van der Waals surface area contributed by atoms with Crippen LogP contribution in [0.25, 0.3) is 5.69 Å². The van der Waals surface area contributed by atoms with Crippen molar-refractivity contribution in [2.45, 2.75) is 37.6 Å². The lowest BCUT2D eigenvalue weighted by Crippen LogP contribution is -2.60. The number of nitrogens with zero attached hydrogens (tertiary/aromatic N) is 4. The standard InChI is InChI=1S/C24H23ClF2N4O/c25-20-8-7-19(16-21(20)27)31-23(32)2-1-10-24(31)11-14-29(15-12-24)22-9-13-30(28-22)18-5-3-17(26)4-6-18/h3-9,13,16H,1-2,10-12,14-15H2. The summed E-state index contributed by atoms with van der Waals surface area (Å²) in [5, 5.41) is 4.71. The molecule has 0 aliphatic carbocycles. The number of carbonyl (C=O) groups excluding carboxylic acids is 1. The second-order valence-corrected chi connectivity index (χ2v) is 8.89. The van der Waals surface area contributed by atoms with Gasteiger partial charge < -0.3 is 9.80 Å². The Labute approximate surface area is 190 Å². The second-order valence-electron chi connectivity index (χ2n) is 8.49. The van der Waals surface area contributed by atoms with E-state index in [0.717, 1.165) is 50.3 Å². The summed E-state index contributed by atoms with van der Waals surface area (Å²) in [6.07, 6.45) is 5.60. The molecule has 5 rings (SSSR count). The number of aromatic nitrogens is 2. The third kappa shape index (κ3) is 3.75. The molecule has 3 aromatic rings. The van der Waals surface area contributed by atoms with Crippen LogP contribution < -0.4 is 9.80 Å². The maximum atomic E-state index is 14.2. The highest BCUT2D eigenvalue weighted by Crippen LogP contribution is 2.42. The zero-order chi connectivity index (χ0) is 22.3. The van der Waals surface area contributed by atoms with Gasteiger partial charge in [0.15, 0.2) is 5.82 Å². The zero-order valence-electron chi connectivity index (χ0n) is 17.5. The Morgan fingerprint density at radius 3 is 2.38 bits per heavy atom. The van der Waals surface area contributed by atoms with E-state index in [2.05, 4.69) is 10.00 Å². The van der Waals surface area contributed by atoms with Crippen molar-refractivity contribution in [3.05, 3.63) is 71.4 Å². The first kappa shape index (κ1) is 20.9. The van der Waals surface area contributed by atoms with Gasteiger partial charge in [-0.25, -0.2) is 13.5 Å². The molecule has 2 saturated heterocycles. The van der Waals surface area contributed by atoms with Crippen molar-refractivity contribution >= 4 is 29.0 Å². The lowest BCUT2D eigenvalue weighted by atomic mass is 9.78. The number of hydrogen-bond donors (Lipinski definition) is 0. The number of halogens is 3. The number of rotatable bonds is 3. The van der Waals surface area contributed by atoms with Gasteiger partial charge in [-0.3, -0.25) is 4.79 Å². The molecule has 2 aliphatic heterocycles. The topological polar surface area (TPSA) is 41.4 Å². The van der Waals surface area contributed by atoms with E-state index in [9.17, 15) is 13.6 Å². The summed E-state index contributed by atoms with van der Waals surface area (Å²) in [5.74, 6) is 0.0819. The number of hydrogen-bond acceptors (Lipinski definition) is 3. The summed E-state index contributed by atoms with van der Waals surface area (Å²) in [6.45, 7) is 1.47. The highest BCUT2D eigenvalue weighted by molar-refractivity contribution is 6.30. The molecule has 0 radical (unpaired) electrons. The van der Waals surface area contributed by atoms with Crippen LogP contribution >= 0.6 is 11.6 Å². The molecule has 5 nitrogen and oxygen atoms in total. The molecule has 2 aromatic carbocycles. The number of benzene rings is 2. The summed E-state index contributed by atoms with van der Waals surface area (Å²) >= 11 is 5.86. The number of amides is 1. The smallest absolute Gasteiger partial charge is 0.227 e. The second kappa shape index (κ2) is 8.20. The third-order valence-corrected chi connectivity index (χ3v) is 6.91. The molecule has 0 saturated carbocycles. The van der Waals surface area contributed by atoms with Crippen LogP contribution in [0.1, 0.15) is 32.1 Å². The Hall–Kier alpha value is -2.93. The maximum Gasteiger partial charge on any atom is 0.227 e. The van der Waals surface area contributed by atoms with Gasteiger partial charge in [0.25, 0.3) is 0 Å². The number of anilines is 2. The molecule has 2 fully saturated rings. The van der Waals surface area contributed by atoms with Gasteiger partial charge in [0.1, 0.15) is 11.6 Å². The molecule has 32 heavy (non-hydrogen) atoms. The van der Waals surface area contributed by atoms with E-state index < -0.39 is 5.82 Å². The minimum Gasteiger partial charge on any atom is -0.355 e. The Balaban J connectivity index is 1.35. The first-order valence-corrected chi connectivity index (χ1v) is 11.2. The molecule has 1 aromatic heterocycles. The molecule has 8 heteroatoms. The third-order valence-electron chi connectivity index (χ3n) is 6.60. The summed E-state index contributed by atoms with van der Waals surface area (Å²) < 4.78 is 29.1. The van der Waals surface area contributed by atoms with Crippen LogP contribution in [-0.2, 0) is 4.79 Å². The van der Waals surface area contributed by atoms with E-state index >= 15 is 0 Å². The van der Waals surface area contributed by atoms with Crippen LogP contribution in [-0.4, -0.2) is 34.3 Å². The Morgan fingerprint density at radius 1 is 0.938 bits per heavy atom. The SMILES string of the molecule is O=C1CCCC2(CCN(c3ccn(-c4ccc(F)cc4)n3)CC2)N1c1ccc(Cl)c(F)c1. The Bertz CT molecular complexity index is 1140. The highest BCUT2D eigenvalue weighted by Gasteiger charge is 2.45. The van der Waals surface area contributed by atoms with Gasteiger partial charge in [0.2, 0.25) is 5.91 Å².